The molecular weight excluding hydrogens is 302 g/mol. The first-order valence-electron chi connectivity index (χ1n) is 7.51. The normalized spacial score (nSPS) is 17.5. The van der Waals surface area contributed by atoms with Gasteiger partial charge in [-0.2, -0.15) is 0 Å². The molecule has 0 fully saturated rings. The van der Waals surface area contributed by atoms with Crippen molar-refractivity contribution in [2.75, 3.05) is 0 Å². The van der Waals surface area contributed by atoms with E-state index in [1.54, 1.807) is 18.2 Å². The number of hydrogen-bond donors (Lipinski definition) is 0. The van der Waals surface area contributed by atoms with Gasteiger partial charge in [-0.25, -0.2) is 4.40 Å². The molecule has 1 aromatic heterocycles. The molecule has 0 bridgehead atoms. The van der Waals surface area contributed by atoms with Gasteiger partial charge in [-0.05, 0) is 40.8 Å². The molecule has 23 heavy (non-hydrogen) atoms. The zero-order valence-electron chi connectivity index (χ0n) is 12.4. The molecule has 0 radical (unpaired) electrons. The van der Waals surface area contributed by atoms with Crippen LogP contribution in [0.2, 0.25) is 0 Å². The van der Waals surface area contributed by atoms with Crippen LogP contribution in [0.25, 0.3) is 11.1 Å². The molecule has 2 aromatic carbocycles. The Hall–Kier alpha value is -2.52. The third-order valence-electron chi connectivity index (χ3n) is 3.87. The fourth-order valence-electron chi connectivity index (χ4n) is 2.81. The van der Waals surface area contributed by atoms with E-state index in [2.05, 4.69) is 52.9 Å². The Kier molecular flexibility index (Phi) is 3.86. The molecule has 0 saturated heterocycles. The van der Waals surface area contributed by atoms with E-state index >= 15 is 0 Å². The van der Waals surface area contributed by atoms with Gasteiger partial charge in [-0.3, -0.25) is 0 Å². The van der Waals surface area contributed by atoms with E-state index < -0.39 is 0 Å². The van der Waals surface area contributed by atoms with Crippen molar-refractivity contribution in [3.05, 3.63) is 95.9 Å². The fourth-order valence-corrected chi connectivity index (χ4v) is 3.71. The maximum Gasteiger partial charge on any atom is 0.123 e. The van der Waals surface area contributed by atoms with Crippen LogP contribution >= 0.6 is 11.9 Å². The summed E-state index contributed by atoms with van der Waals surface area (Å²) in [6, 6.07) is 24.8. The van der Waals surface area contributed by atoms with Crippen molar-refractivity contribution in [1.82, 2.24) is 0 Å². The molecule has 0 aliphatic carbocycles. The summed E-state index contributed by atoms with van der Waals surface area (Å²) in [5.74, 6) is 0.930. The average molecular weight is 317 g/mol. The minimum atomic E-state index is 0.0626. The number of benzene rings is 2. The lowest BCUT2D eigenvalue weighted by molar-refractivity contribution is 0.522. The van der Waals surface area contributed by atoms with Crippen molar-refractivity contribution in [2.45, 2.75) is 5.25 Å². The van der Waals surface area contributed by atoms with Gasteiger partial charge < -0.3 is 4.42 Å². The number of nitrogens with zero attached hydrogens (tertiary/aromatic N) is 1. The van der Waals surface area contributed by atoms with Crippen LogP contribution in [0, 0.1) is 0 Å². The van der Waals surface area contributed by atoms with Crippen molar-refractivity contribution in [3.8, 4) is 0 Å². The Morgan fingerprint density at radius 1 is 0.783 bits per heavy atom. The highest BCUT2D eigenvalue weighted by atomic mass is 32.2. The molecule has 0 N–H and O–H groups in total. The number of rotatable bonds is 3. The molecule has 0 amide bonds. The monoisotopic (exact) mass is 317 g/mol. The van der Waals surface area contributed by atoms with Crippen LogP contribution in [-0.4, -0.2) is 6.21 Å². The lowest BCUT2D eigenvalue weighted by Gasteiger charge is -2.23. The third-order valence-corrected chi connectivity index (χ3v) is 4.78. The van der Waals surface area contributed by atoms with Gasteiger partial charge in [-0.15, -0.1) is 0 Å². The highest BCUT2D eigenvalue weighted by Crippen LogP contribution is 2.47. The van der Waals surface area contributed by atoms with Crippen LogP contribution < -0.4 is 0 Å². The first-order valence-corrected chi connectivity index (χ1v) is 8.35. The molecular formula is C20H15NOS. The van der Waals surface area contributed by atoms with Gasteiger partial charge in [0.1, 0.15) is 11.0 Å². The molecule has 2 heterocycles. The standard InChI is InChI=1S/C20H15NOS/c1-3-8-15(9-4-1)17-14-21-23-20(18-12-7-13-22-18)19(17)16-10-5-2-6-11-16/h1-14,20H. The summed E-state index contributed by atoms with van der Waals surface area (Å²) in [6.45, 7) is 0. The summed E-state index contributed by atoms with van der Waals surface area (Å²) in [6.07, 6.45) is 3.68. The van der Waals surface area contributed by atoms with E-state index in [-0.39, 0.29) is 5.25 Å². The highest BCUT2D eigenvalue weighted by molar-refractivity contribution is 7.98. The quantitative estimate of drug-likeness (QED) is 0.582. The summed E-state index contributed by atoms with van der Waals surface area (Å²) >= 11 is 1.54. The van der Waals surface area contributed by atoms with E-state index in [0.29, 0.717) is 0 Å². The van der Waals surface area contributed by atoms with Gasteiger partial charge in [0.15, 0.2) is 0 Å². The molecule has 112 valence electrons. The lowest BCUT2D eigenvalue weighted by Crippen LogP contribution is -2.05. The van der Waals surface area contributed by atoms with Crippen LogP contribution in [-0.2, 0) is 0 Å². The van der Waals surface area contributed by atoms with E-state index in [1.807, 2.05) is 30.5 Å². The van der Waals surface area contributed by atoms with Crippen molar-refractivity contribution in [1.29, 1.82) is 0 Å². The summed E-state index contributed by atoms with van der Waals surface area (Å²) in [5, 5.41) is 0.0626. The molecule has 1 atom stereocenters. The van der Waals surface area contributed by atoms with Gasteiger partial charge in [0.25, 0.3) is 0 Å². The first-order chi connectivity index (χ1) is 11.4. The van der Waals surface area contributed by atoms with E-state index in [1.165, 1.54) is 16.7 Å². The Bertz CT molecular complexity index is 836. The zero-order valence-corrected chi connectivity index (χ0v) is 13.2. The minimum absolute atomic E-state index is 0.0626. The molecule has 3 heteroatoms. The lowest BCUT2D eigenvalue weighted by atomic mass is 9.92. The van der Waals surface area contributed by atoms with Crippen LogP contribution in [0.4, 0.5) is 0 Å². The first kappa shape index (κ1) is 14.1. The Balaban J connectivity index is 1.94. The van der Waals surface area contributed by atoms with Crippen molar-refractivity contribution in [2.24, 2.45) is 4.40 Å². The van der Waals surface area contributed by atoms with Crippen LogP contribution in [0.5, 0.6) is 0 Å². The molecule has 1 aliphatic rings. The summed E-state index contributed by atoms with van der Waals surface area (Å²) in [7, 11) is 0. The summed E-state index contributed by atoms with van der Waals surface area (Å²) < 4.78 is 10.2. The fraction of sp³-hybridized carbons (Fsp3) is 0.0500. The summed E-state index contributed by atoms with van der Waals surface area (Å²) in [5.41, 5.74) is 4.77. The third kappa shape index (κ3) is 2.76. The maximum atomic E-state index is 5.68. The second kappa shape index (κ2) is 6.31. The van der Waals surface area contributed by atoms with Crippen molar-refractivity contribution < 1.29 is 4.42 Å². The van der Waals surface area contributed by atoms with Gasteiger partial charge in [0.05, 0.1) is 6.26 Å². The van der Waals surface area contributed by atoms with Crippen molar-refractivity contribution >= 4 is 29.3 Å². The van der Waals surface area contributed by atoms with E-state index in [4.69, 9.17) is 4.42 Å². The Labute approximate surface area is 139 Å². The van der Waals surface area contributed by atoms with Crippen LogP contribution in [0.1, 0.15) is 22.1 Å². The molecule has 1 unspecified atom stereocenters. The van der Waals surface area contributed by atoms with Gasteiger partial charge in [-0.1, -0.05) is 60.7 Å². The maximum absolute atomic E-state index is 5.68. The highest BCUT2D eigenvalue weighted by Gasteiger charge is 2.27. The number of furan rings is 1. The Morgan fingerprint density at radius 2 is 1.48 bits per heavy atom. The van der Waals surface area contributed by atoms with Crippen LogP contribution in [0.3, 0.4) is 0 Å². The molecule has 3 aromatic rings. The Morgan fingerprint density at radius 3 is 2.13 bits per heavy atom. The molecule has 2 nitrogen and oxygen atoms in total. The predicted molar refractivity (Wildman–Crippen MR) is 97.2 cm³/mol. The number of hydrogen-bond acceptors (Lipinski definition) is 3. The smallest absolute Gasteiger partial charge is 0.123 e. The van der Waals surface area contributed by atoms with Gasteiger partial charge in [0.2, 0.25) is 0 Å². The zero-order chi connectivity index (χ0) is 15.5. The average Bonchev–Trinajstić information content (AvgIpc) is 3.17. The van der Waals surface area contributed by atoms with E-state index in [0.717, 1.165) is 11.3 Å². The van der Waals surface area contributed by atoms with Crippen LogP contribution in [0.15, 0.2) is 87.9 Å². The minimum Gasteiger partial charge on any atom is -0.468 e. The summed E-state index contributed by atoms with van der Waals surface area (Å²) in [4.78, 5) is 0. The second-order valence-corrected chi connectivity index (χ2v) is 6.19. The SMILES string of the molecule is C1=NSC(c2ccco2)C(c2ccccc2)=C1c1ccccc1. The molecule has 0 spiro atoms. The predicted octanol–water partition coefficient (Wildman–Crippen LogP) is 5.66. The largest absolute Gasteiger partial charge is 0.468 e. The van der Waals surface area contributed by atoms with Crippen molar-refractivity contribution in [3.63, 3.8) is 0 Å². The van der Waals surface area contributed by atoms with Gasteiger partial charge >= 0.3 is 0 Å². The molecule has 4 rings (SSSR count). The van der Waals surface area contributed by atoms with Gasteiger partial charge in [0, 0.05) is 11.8 Å². The van der Waals surface area contributed by atoms with E-state index in [9.17, 15) is 0 Å². The molecule has 0 saturated carbocycles. The topological polar surface area (TPSA) is 25.5 Å². The number of allylic oxidation sites excluding steroid dienone is 1. The second-order valence-electron chi connectivity index (χ2n) is 5.29. The molecule has 1 aliphatic heterocycles.